The molecule has 1 aromatic heterocycles. The third-order valence-corrected chi connectivity index (χ3v) is 2.78. The molecule has 1 atom stereocenters. The fourth-order valence-electron chi connectivity index (χ4n) is 1.82. The Bertz CT molecular complexity index is 406. The van der Waals surface area contributed by atoms with Crippen molar-refractivity contribution in [1.82, 2.24) is 9.97 Å². The van der Waals surface area contributed by atoms with Crippen molar-refractivity contribution >= 4 is 17.6 Å². The summed E-state index contributed by atoms with van der Waals surface area (Å²) < 4.78 is 5.17. The third kappa shape index (κ3) is 3.21. The highest BCUT2D eigenvalue weighted by Gasteiger charge is 2.32. The molecule has 0 spiro atoms. The van der Waals surface area contributed by atoms with Crippen LogP contribution >= 0.6 is 0 Å². The third-order valence-electron chi connectivity index (χ3n) is 2.78. The van der Waals surface area contributed by atoms with Crippen LogP contribution in [0, 0.1) is 0 Å². The Hall–Kier alpha value is -1.60. The van der Waals surface area contributed by atoms with Gasteiger partial charge >= 0.3 is 0 Å². The van der Waals surface area contributed by atoms with Crippen molar-refractivity contribution in [3.63, 3.8) is 0 Å². The summed E-state index contributed by atoms with van der Waals surface area (Å²) in [5, 5.41) is 16.3. The first-order valence-corrected chi connectivity index (χ1v) is 6.04. The minimum absolute atomic E-state index is 0.200. The minimum atomic E-state index is -0.821. The first kappa shape index (κ1) is 12.8. The van der Waals surface area contributed by atoms with Crippen molar-refractivity contribution in [1.29, 1.82) is 0 Å². The highest BCUT2D eigenvalue weighted by atomic mass is 16.5. The van der Waals surface area contributed by atoms with Gasteiger partial charge in [0, 0.05) is 32.2 Å². The Balaban J connectivity index is 2.00. The Morgan fingerprint density at radius 1 is 1.44 bits per heavy atom. The molecule has 2 rings (SSSR count). The summed E-state index contributed by atoms with van der Waals surface area (Å²) in [7, 11) is 0. The summed E-state index contributed by atoms with van der Waals surface area (Å²) in [6.07, 6.45) is 0.626. The van der Waals surface area contributed by atoms with Crippen molar-refractivity contribution in [2.24, 2.45) is 0 Å². The quantitative estimate of drug-likeness (QED) is 0.587. The van der Waals surface area contributed by atoms with Crippen LogP contribution in [0.4, 0.5) is 17.6 Å². The second-order valence-electron chi connectivity index (χ2n) is 4.41. The zero-order chi connectivity index (χ0) is 13.0. The van der Waals surface area contributed by atoms with Crippen LogP contribution in [0.25, 0.3) is 0 Å². The number of aliphatic hydroxyl groups is 1. The lowest BCUT2D eigenvalue weighted by Crippen LogP contribution is -2.37. The Labute approximate surface area is 106 Å². The monoisotopic (exact) mass is 253 g/mol. The van der Waals surface area contributed by atoms with E-state index in [1.54, 1.807) is 6.07 Å². The van der Waals surface area contributed by atoms with Crippen LogP contribution in [0.2, 0.25) is 0 Å². The standard InChI is InChI=1S/C11H19N5O2/c1-2-13-8-5-9(16-10(12)15-8)14-6-11(17)3-4-18-7-11/h5,17H,2-4,6-7H2,1H3,(H4,12,13,14,15,16). The number of ether oxygens (including phenoxy) is 1. The summed E-state index contributed by atoms with van der Waals surface area (Å²) in [6, 6.07) is 1.76. The second kappa shape index (κ2) is 5.36. The van der Waals surface area contributed by atoms with Crippen LogP contribution in [0.5, 0.6) is 0 Å². The predicted molar refractivity (Wildman–Crippen MR) is 69.5 cm³/mol. The molecule has 1 aliphatic rings. The zero-order valence-electron chi connectivity index (χ0n) is 10.4. The van der Waals surface area contributed by atoms with Crippen LogP contribution in [-0.4, -0.2) is 47.0 Å². The van der Waals surface area contributed by atoms with Crippen molar-refractivity contribution in [2.75, 3.05) is 42.7 Å². The molecular formula is C11H19N5O2. The molecule has 18 heavy (non-hydrogen) atoms. The van der Waals surface area contributed by atoms with Gasteiger partial charge in [-0.25, -0.2) is 0 Å². The molecule has 0 radical (unpaired) electrons. The Morgan fingerprint density at radius 2 is 2.17 bits per heavy atom. The maximum atomic E-state index is 10.1. The number of rotatable bonds is 5. The Kier molecular flexibility index (Phi) is 3.83. The maximum Gasteiger partial charge on any atom is 0.223 e. The highest BCUT2D eigenvalue weighted by molar-refractivity contribution is 5.51. The van der Waals surface area contributed by atoms with E-state index in [1.807, 2.05) is 6.92 Å². The average Bonchev–Trinajstić information content (AvgIpc) is 2.74. The van der Waals surface area contributed by atoms with E-state index in [9.17, 15) is 5.11 Å². The van der Waals surface area contributed by atoms with Crippen molar-refractivity contribution < 1.29 is 9.84 Å². The van der Waals surface area contributed by atoms with Crippen LogP contribution in [-0.2, 0) is 4.74 Å². The lowest BCUT2D eigenvalue weighted by atomic mass is 10.0. The van der Waals surface area contributed by atoms with Gasteiger partial charge in [-0.05, 0) is 6.92 Å². The molecule has 2 heterocycles. The average molecular weight is 253 g/mol. The summed E-state index contributed by atoms with van der Waals surface area (Å²) in [5.74, 6) is 1.46. The molecule has 1 fully saturated rings. The van der Waals surface area contributed by atoms with Crippen LogP contribution in [0.3, 0.4) is 0 Å². The second-order valence-corrected chi connectivity index (χ2v) is 4.41. The number of anilines is 3. The van der Waals surface area contributed by atoms with Gasteiger partial charge in [0.1, 0.15) is 17.2 Å². The predicted octanol–water partition coefficient (Wildman–Crippen LogP) is 0.0539. The van der Waals surface area contributed by atoms with Gasteiger partial charge in [-0.2, -0.15) is 9.97 Å². The van der Waals surface area contributed by atoms with Gasteiger partial charge < -0.3 is 26.2 Å². The molecule has 100 valence electrons. The van der Waals surface area contributed by atoms with E-state index < -0.39 is 5.60 Å². The largest absolute Gasteiger partial charge is 0.386 e. The first-order chi connectivity index (χ1) is 8.61. The summed E-state index contributed by atoms with van der Waals surface area (Å²) in [6.45, 7) is 4.06. The minimum Gasteiger partial charge on any atom is -0.386 e. The summed E-state index contributed by atoms with van der Waals surface area (Å²) >= 11 is 0. The number of nitrogen functional groups attached to an aromatic ring is 1. The van der Waals surface area contributed by atoms with E-state index in [0.29, 0.717) is 37.8 Å². The number of hydrogen-bond acceptors (Lipinski definition) is 7. The Morgan fingerprint density at radius 3 is 2.78 bits per heavy atom. The topological polar surface area (TPSA) is 105 Å². The molecule has 0 amide bonds. The van der Waals surface area contributed by atoms with Gasteiger partial charge in [0.2, 0.25) is 5.95 Å². The van der Waals surface area contributed by atoms with E-state index in [4.69, 9.17) is 10.5 Å². The molecule has 0 aromatic carbocycles. The van der Waals surface area contributed by atoms with Gasteiger partial charge in [-0.3, -0.25) is 0 Å². The van der Waals surface area contributed by atoms with Gasteiger partial charge in [-0.1, -0.05) is 0 Å². The molecular weight excluding hydrogens is 234 g/mol. The zero-order valence-corrected chi connectivity index (χ0v) is 10.4. The maximum absolute atomic E-state index is 10.1. The number of aromatic nitrogens is 2. The molecule has 1 aromatic rings. The normalized spacial score (nSPS) is 23.0. The fraction of sp³-hybridized carbons (Fsp3) is 0.636. The number of hydrogen-bond donors (Lipinski definition) is 4. The fourth-order valence-corrected chi connectivity index (χ4v) is 1.82. The lowest BCUT2D eigenvalue weighted by molar-refractivity contribution is 0.0381. The van der Waals surface area contributed by atoms with Crippen LogP contribution in [0.15, 0.2) is 6.07 Å². The SMILES string of the molecule is CCNc1cc(NCC2(O)CCOC2)nc(N)n1. The van der Waals surface area contributed by atoms with Crippen LogP contribution < -0.4 is 16.4 Å². The van der Waals surface area contributed by atoms with E-state index in [-0.39, 0.29) is 5.95 Å². The van der Waals surface area contributed by atoms with Crippen LogP contribution in [0.1, 0.15) is 13.3 Å². The highest BCUT2D eigenvalue weighted by Crippen LogP contribution is 2.19. The molecule has 0 bridgehead atoms. The number of nitrogens with two attached hydrogens (primary N) is 1. The van der Waals surface area contributed by atoms with Gasteiger partial charge in [-0.15, -0.1) is 0 Å². The van der Waals surface area contributed by atoms with E-state index in [0.717, 1.165) is 6.54 Å². The number of nitrogens with zero attached hydrogens (tertiary/aromatic N) is 2. The van der Waals surface area contributed by atoms with Gasteiger partial charge in [0.25, 0.3) is 0 Å². The molecule has 1 unspecified atom stereocenters. The van der Waals surface area contributed by atoms with Gasteiger partial charge in [0.05, 0.1) is 6.61 Å². The number of nitrogens with one attached hydrogen (secondary N) is 2. The molecule has 1 aliphatic heterocycles. The van der Waals surface area contributed by atoms with E-state index in [2.05, 4.69) is 20.6 Å². The van der Waals surface area contributed by atoms with Crippen molar-refractivity contribution in [3.05, 3.63) is 6.07 Å². The molecule has 0 saturated carbocycles. The molecule has 7 nitrogen and oxygen atoms in total. The molecule has 1 saturated heterocycles. The van der Waals surface area contributed by atoms with Crippen molar-refractivity contribution in [3.8, 4) is 0 Å². The molecule has 7 heteroatoms. The smallest absolute Gasteiger partial charge is 0.223 e. The molecule has 0 aliphatic carbocycles. The van der Waals surface area contributed by atoms with Gasteiger partial charge in [0.15, 0.2) is 0 Å². The van der Waals surface area contributed by atoms with E-state index in [1.165, 1.54) is 0 Å². The van der Waals surface area contributed by atoms with E-state index >= 15 is 0 Å². The molecule has 5 N–H and O–H groups in total. The van der Waals surface area contributed by atoms with Crippen molar-refractivity contribution in [2.45, 2.75) is 18.9 Å². The lowest BCUT2D eigenvalue weighted by Gasteiger charge is -2.21. The first-order valence-electron chi connectivity index (χ1n) is 6.04. The summed E-state index contributed by atoms with van der Waals surface area (Å²) in [4.78, 5) is 8.12. The summed E-state index contributed by atoms with van der Waals surface area (Å²) in [5.41, 5.74) is 4.80.